The van der Waals surface area contributed by atoms with Crippen LogP contribution in [0.2, 0.25) is 0 Å². The Hall–Kier alpha value is -1.30. The van der Waals surface area contributed by atoms with Crippen LogP contribution < -0.4 is 0 Å². The summed E-state index contributed by atoms with van der Waals surface area (Å²) >= 11 is 0. The number of ether oxygens (including phenoxy) is 1. The zero-order valence-corrected chi connectivity index (χ0v) is 11.8. The molecule has 108 valence electrons. The van der Waals surface area contributed by atoms with Crippen molar-refractivity contribution in [3.63, 3.8) is 0 Å². The van der Waals surface area contributed by atoms with Gasteiger partial charge in [0.05, 0.1) is 7.11 Å². The third-order valence-electron chi connectivity index (χ3n) is 4.09. The summed E-state index contributed by atoms with van der Waals surface area (Å²) in [5.74, 6) is 0.335. The molecule has 2 heterocycles. The van der Waals surface area contributed by atoms with Crippen molar-refractivity contribution in [2.24, 2.45) is 5.92 Å². The summed E-state index contributed by atoms with van der Waals surface area (Å²) < 4.78 is 4.70. The van der Waals surface area contributed by atoms with Crippen LogP contribution in [-0.2, 0) is 9.53 Å². The Labute approximate surface area is 114 Å². The van der Waals surface area contributed by atoms with Gasteiger partial charge in [-0.1, -0.05) is 0 Å². The van der Waals surface area contributed by atoms with E-state index in [1.54, 1.807) is 4.90 Å². The van der Waals surface area contributed by atoms with Crippen molar-refractivity contribution in [2.75, 3.05) is 53.4 Å². The average molecular weight is 269 g/mol. The SMILES string of the molecule is COC(=O)N1CCC(C(=O)N2CCN(C)CC2)CC1. The molecule has 6 heteroatoms. The van der Waals surface area contributed by atoms with Gasteiger partial charge in [-0.3, -0.25) is 4.79 Å². The fourth-order valence-electron chi connectivity index (χ4n) is 2.72. The number of hydrogen-bond donors (Lipinski definition) is 0. The molecule has 0 aromatic heterocycles. The largest absolute Gasteiger partial charge is 0.453 e. The lowest BCUT2D eigenvalue weighted by Gasteiger charge is -2.37. The molecule has 2 aliphatic heterocycles. The van der Waals surface area contributed by atoms with Gasteiger partial charge in [-0.25, -0.2) is 4.79 Å². The van der Waals surface area contributed by atoms with Gasteiger partial charge in [0.25, 0.3) is 0 Å². The van der Waals surface area contributed by atoms with Crippen LogP contribution in [-0.4, -0.2) is 80.1 Å². The minimum atomic E-state index is -0.287. The van der Waals surface area contributed by atoms with Crippen LogP contribution in [0.4, 0.5) is 4.79 Å². The van der Waals surface area contributed by atoms with Crippen molar-refractivity contribution in [2.45, 2.75) is 12.8 Å². The van der Waals surface area contributed by atoms with Gasteiger partial charge in [-0.2, -0.15) is 0 Å². The molecule has 0 spiro atoms. The summed E-state index contributed by atoms with van der Waals surface area (Å²) in [6.07, 6.45) is 1.21. The lowest BCUT2D eigenvalue weighted by molar-refractivity contribution is -0.138. The van der Waals surface area contributed by atoms with Crippen molar-refractivity contribution >= 4 is 12.0 Å². The molecule has 0 aromatic carbocycles. The molecular formula is C13H23N3O3. The van der Waals surface area contributed by atoms with E-state index in [-0.39, 0.29) is 17.9 Å². The highest BCUT2D eigenvalue weighted by Gasteiger charge is 2.31. The zero-order valence-electron chi connectivity index (χ0n) is 11.8. The van der Waals surface area contributed by atoms with Gasteiger partial charge in [0.15, 0.2) is 0 Å². The van der Waals surface area contributed by atoms with Crippen LogP contribution in [0.1, 0.15) is 12.8 Å². The van der Waals surface area contributed by atoms with E-state index in [0.717, 1.165) is 39.0 Å². The first-order valence-corrected chi connectivity index (χ1v) is 6.92. The summed E-state index contributed by atoms with van der Waals surface area (Å²) in [7, 11) is 3.47. The first-order chi connectivity index (χ1) is 9.11. The maximum Gasteiger partial charge on any atom is 0.409 e. The van der Waals surface area contributed by atoms with E-state index >= 15 is 0 Å². The number of likely N-dealkylation sites (N-methyl/N-ethyl adjacent to an activating group) is 1. The van der Waals surface area contributed by atoms with Crippen molar-refractivity contribution in [3.8, 4) is 0 Å². The molecule has 0 aliphatic carbocycles. The number of methoxy groups -OCH3 is 1. The number of piperidine rings is 1. The number of nitrogens with zero attached hydrogens (tertiary/aromatic N) is 3. The molecule has 0 unspecified atom stereocenters. The molecule has 2 aliphatic rings. The fraction of sp³-hybridized carbons (Fsp3) is 0.846. The Morgan fingerprint density at radius 2 is 1.53 bits per heavy atom. The van der Waals surface area contributed by atoms with Crippen molar-refractivity contribution in [1.29, 1.82) is 0 Å². The van der Waals surface area contributed by atoms with Gasteiger partial charge in [-0.15, -0.1) is 0 Å². The van der Waals surface area contributed by atoms with E-state index in [1.165, 1.54) is 7.11 Å². The molecule has 0 aromatic rings. The minimum Gasteiger partial charge on any atom is -0.453 e. The van der Waals surface area contributed by atoms with Crippen LogP contribution in [0, 0.1) is 5.92 Å². The normalized spacial score (nSPS) is 22.4. The van der Waals surface area contributed by atoms with Crippen LogP contribution >= 0.6 is 0 Å². The Morgan fingerprint density at radius 3 is 2.05 bits per heavy atom. The lowest BCUT2D eigenvalue weighted by atomic mass is 9.95. The Balaban J connectivity index is 1.81. The number of likely N-dealkylation sites (tertiary alicyclic amines) is 1. The minimum absolute atomic E-state index is 0.0734. The summed E-state index contributed by atoms with van der Waals surface area (Å²) in [6.45, 7) is 4.80. The summed E-state index contributed by atoms with van der Waals surface area (Å²) in [4.78, 5) is 29.6. The number of amides is 2. The second-order valence-corrected chi connectivity index (χ2v) is 5.36. The third-order valence-corrected chi connectivity index (χ3v) is 4.09. The molecule has 0 bridgehead atoms. The molecule has 2 amide bonds. The first kappa shape index (κ1) is 14.1. The highest BCUT2D eigenvalue weighted by Crippen LogP contribution is 2.20. The molecule has 2 rings (SSSR count). The molecular weight excluding hydrogens is 246 g/mol. The number of carbonyl (C=O) groups is 2. The Bertz CT molecular complexity index is 332. The third kappa shape index (κ3) is 3.37. The fourth-order valence-corrected chi connectivity index (χ4v) is 2.72. The summed E-state index contributed by atoms with van der Waals surface area (Å²) in [6, 6.07) is 0. The maximum absolute atomic E-state index is 12.4. The predicted molar refractivity (Wildman–Crippen MR) is 70.8 cm³/mol. The standard InChI is InChI=1S/C13H23N3O3/c1-14-7-9-15(10-8-14)12(17)11-3-5-16(6-4-11)13(18)19-2/h11H,3-10H2,1-2H3. The van der Waals surface area contributed by atoms with Gasteiger partial charge < -0.3 is 19.4 Å². The molecule has 0 atom stereocenters. The van der Waals surface area contributed by atoms with Crippen LogP contribution in [0.15, 0.2) is 0 Å². The lowest BCUT2D eigenvalue weighted by Crippen LogP contribution is -2.51. The summed E-state index contributed by atoms with van der Waals surface area (Å²) in [5.41, 5.74) is 0. The smallest absolute Gasteiger partial charge is 0.409 e. The number of carbonyl (C=O) groups excluding carboxylic acids is 2. The van der Waals surface area contributed by atoms with E-state index in [9.17, 15) is 9.59 Å². The van der Waals surface area contributed by atoms with Crippen LogP contribution in [0.5, 0.6) is 0 Å². The van der Waals surface area contributed by atoms with E-state index in [1.807, 2.05) is 4.90 Å². The molecule has 19 heavy (non-hydrogen) atoms. The number of hydrogen-bond acceptors (Lipinski definition) is 4. The van der Waals surface area contributed by atoms with Gasteiger partial charge >= 0.3 is 6.09 Å². The van der Waals surface area contributed by atoms with E-state index in [4.69, 9.17) is 4.74 Å². The molecule has 0 N–H and O–H groups in total. The molecule has 0 saturated carbocycles. The van der Waals surface area contributed by atoms with Gasteiger partial charge in [-0.05, 0) is 19.9 Å². The molecule has 2 fully saturated rings. The van der Waals surface area contributed by atoms with E-state index in [0.29, 0.717) is 13.1 Å². The van der Waals surface area contributed by atoms with Crippen LogP contribution in [0.25, 0.3) is 0 Å². The molecule has 2 saturated heterocycles. The monoisotopic (exact) mass is 269 g/mol. The van der Waals surface area contributed by atoms with Crippen molar-refractivity contribution < 1.29 is 14.3 Å². The van der Waals surface area contributed by atoms with Crippen LogP contribution in [0.3, 0.4) is 0 Å². The van der Waals surface area contributed by atoms with Crippen molar-refractivity contribution in [1.82, 2.24) is 14.7 Å². The topological polar surface area (TPSA) is 53.1 Å². The highest BCUT2D eigenvalue weighted by atomic mass is 16.5. The average Bonchev–Trinajstić information content (AvgIpc) is 2.46. The summed E-state index contributed by atoms with van der Waals surface area (Å²) in [5, 5.41) is 0. The number of piperazine rings is 1. The molecule has 6 nitrogen and oxygen atoms in total. The second-order valence-electron chi connectivity index (χ2n) is 5.36. The molecule has 0 radical (unpaired) electrons. The van der Waals surface area contributed by atoms with Crippen molar-refractivity contribution in [3.05, 3.63) is 0 Å². The van der Waals surface area contributed by atoms with E-state index < -0.39 is 0 Å². The van der Waals surface area contributed by atoms with E-state index in [2.05, 4.69) is 11.9 Å². The zero-order chi connectivity index (χ0) is 13.8. The van der Waals surface area contributed by atoms with Gasteiger partial charge in [0.2, 0.25) is 5.91 Å². The maximum atomic E-state index is 12.4. The van der Waals surface area contributed by atoms with Gasteiger partial charge in [0.1, 0.15) is 0 Å². The predicted octanol–water partition coefficient (Wildman–Crippen LogP) is 0.239. The van der Waals surface area contributed by atoms with Gasteiger partial charge in [0, 0.05) is 45.2 Å². The highest BCUT2D eigenvalue weighted by molar-refractivity contribution is 5.79. The Kier molecular flexibility index (Phi) is 4.63. The second kappa shape index (κ2) is 6.23. The first-order valence-electron chi connectivity index (χ1n) is 6.92. The quantitative estimate of drug-likeness (QED) is 0.684. The number of rotatable bonds is 1. The Morgan fingerprint density at radius 1 is 0.947 bits per heavy atom.